The number of nitrogens with zero attached hydrogens (tertiary/aromatic N) is 2. The Labute approximate surface area is 167 Å². The molecule has 1 aliphatic rings. The molecule has 0 aliphatic carbocycles. The Morgan fingerprint density at radius 2 is 2.15 bits per heavy atom. The summed E-state index contributed by atoms with van der Waals surface area (Å²) < 4.78 is 10.8. The summed E-state index contributed by atoms with van der Waals surface area (Å²) in [6, 6.07) is 7.73. The van der Waals surface area contributed by atoms with Crippen LogP contribution in [0.3, 0.4) is 0 Å². The Morgan fingerprint density at radius 1 is 1.37 bits per heavy atom. The lowest BCUT2D eigenvalue weighted by Gasteiger charge is -2.27. The zero-order chi connectivity index (χ0) is 19.6. The van der Waals surface area contributed by atoms with Crippen molar-refractivity contribution in [2.24, 2.45) is 4.99 Å². The summed E-state index contributed by atoms with van der Waals surface area (Å²) in [5.41, 5.74) is 1.79. The highest BCUT2D eigenvalue weighted by molar-refractivity contribution is 6.35. The summed E-state index contributed by atoms with van der Waals surface area (Å²) >= 11 is 12.5. The maximum atomic E-state index is 12.9. The number of carbonyl (C=O) groups is 1. The van der Waals surface area contributed by atoms with Gasteiger partial charge in [0, 0.05) is 10.0 Å². The van der Waals surface area contributed by atoms with Crippen molar-refractivity contribution < 1.29 is 13.9 Å². The fourth-order valence-electron chi connectivity index (χ4n) is 3.13. The lowest BCUT2D eigenvalue weighted by molar-refractivity contribution is -0.138. The van der Waals surface area contributed by atoms with Crippen molar-refractivity contribution in [3.05, 3.63) is 75.0 Å². The molecule has 138 valence electrons. The predicted octanol–water partition coefficient (Wildman–Crippen LogP) is 5.41. The molecular formula is C20H16Cl2N2O3. The van der Waals surface area contributed by atoms with Crippen LogP contribution in [0.4, 0.5) is 0 Å². The fraction of sp³-hybridized carbons (Fsp3) is 0.250. The Balaban J connectivity index is 2.30. The predicted molar refractivity (Wildman–Crippen MR) is 105 cm³/mol. The monoisotopic (exact) mass is 402 g/mol. The maximum absolute atomic E-state index is 12.9. The number of hydrogen-bond donors (Lipinski definition) is 0. The molecule has 0 amide bonds. The summed E-state index contributed by atoms with van der Waals surface area (Å²) in [6.07, 6.45) is 1.50. The minimum Gasteiger partial charge on any atom is -0.463 e. The zero-order valence-electron chi connectivity index (χ0n) is 14.7. The molecule has 2 aromatic rings. The number of halogens is 2. The second-order valence-electron chi connectivity index (χ2n) is 5.93. The fourth-order valence-corrected chi connectivity index (χ4v) is 3.66. The minimum absolute atomic E-state index is 0.195. The summed E-state index contributed by atoms with van der Waals surface area (Å²) in [4.78, 5) is 21.1. The van der Waals surface area contributed by atoms with E-state index in [1.165, 1.54) is 6.26 Å². The van der Waals surface area contributed by atoms with Crippen molar-refractivity contribution in [1.82, 2.24) is 0 Å². The van der Waals surface area contributed by atoms with Gasteiger partial charge in [-0.05, 0) is 43.7 Å². The molecule has 0 radical (unpaired) electrons. The standard InChI is InChI=1S/C20H16Cl2N2O3/c1-4-26-20(25)17-16(13-8-7-12(21)10-14(13)22)18(23-3)11(2)24-19(17)15-6-5-9-27-15/h5-10,16,18H,4H2,1-2H3. The van der Waals surface area contributed by atoms with Gasteiger partial charge in [0.25, 0.3) is 6.04 Å². The smallest absolute Gasteiger partial charge is 0.337 e. The molecule has 0 bridgehead atoms. The normalized spacial score (nSPS) is 19.4. The molecule has 1 aromatic carbocycles. The lowest BCUT2D eigenvalue weighted by Crippen LogP contribution is -2.32. The third-order valence-corrected chi connectivity index (χ3v) is 4.85. The number of furan rings is 1. The van der Waals surface area contributed by atoms with Crippen LogP contribution in [-0.2, 0) is 9.53 Å². The Morgan fingerprint density at radius 3 is 2.74 bits per heavy atom. The van der Waals surface area contributed by atoms with Crippen LogP contribution >= 0.6 is 23.2 Å². The van der Waals surface area contributed by atoms with Gasteiger partial charge >= 0.3 is 5.97 Å². The number of esters is 1. The molecule has 1 aliphatic heterocycles. The number of benzene rings is 1. The van der Waals surface area contributed by atoms with Crippen LogP contribution in [0.25, 0.3) is 10.5 Å². The summed E-state index contributed by atoms with van der Waals surface area (Å²) in [5.74, 6) is -0.773. The number of ether oxygens (including phenoxy) is 1. The number of aliphatic imine (C=N–C) groups is 1. The molecular weight excluding hydrogens is 387 g/mol. The van der Waals surface area contributed by atoms with Gasteiger partial charge in [-0.2, -0.15) is 0 Å². The van der Waals surface area contributed by atoms with Crippen molar-refractivity contribution in [2.45, 2.75) is 25.8 Å². The van der Waals surface area contributed by atoms with Gasteiger partial charge < -0.3 is 14.0 Å². The van der Waals surface area contributed by atoms with Gasteiger partial charge in [-0.3, -0.25) is 0 Å². The van der Waals surface area contributed by atoms with Crippen molar-refractivity contribution in [3.8, 4) is 0 Å². The van der Waals surface area contributed by atoms with Gasteiger partial charge in [-0.25, -0.2) is 16.4 Å². The lowest BCUT2D eigenvalue weighted by atomic mass is 9.79. The molecule has 7 heteroatoms. The van der Waals surface area contributed by atoms with Gasteiger partial charge in [-0.1, -0.05) is 29.3 Å². The van der Waals surface area contributed by atoms with E-state index in [9.17, 15) is 4.79 Å². The van der Waals surface area contributed by atoms with E-state index < -0.39 is 17.9 Å². The quantitative estimate of drug-likeness (QED) is 0.507. The Kier molecular flexibility index (Phi) is 5.69. The highest BCUT2D eigenvalue weighted by Gasteiger charge is 2.44. The van der Waals surface area contributed by atoms with E-state index in [1.54, 1.807) is 44.2 Å². The van der Waals surface area contributed by atoms with Crippen LogP contribution < -0.4 is 0 Å². The van der Waals surface area contributed by atoms with E-state index in [-0.39, 0.29) is 12.2 Å². The van der Waals surface area contributed by atoms with E-state index in [0.717, 1.165) is 0 Å². The molecule has 5 nitrogen and oxygen atoms in total. The molecule has 0 saturated carbocycles. The number of hydrogen-bond acceptors (Lipinski definition) is 4. The van der Waals surface area contributed by atoms with E-state index in [2.05, 4.69) is 9.84 Å². The first-order chi connectivity index (χ1) is 13.0. The van der Waals surface area contributed by atoms with Gasteiger partial charge in [0.15, 0.2) is 5.76 Å². The van der Waals surface area contributed by atoms with E-state index in [1.807, 2.05) is 0 Å². The van der Waals surface area contributed by atoms with Crippen LogP contribution in [0.15, 0.2) is 51.6 Å². The molecule has 0 saturated heterocycles. The van der Waals surface area contributed by atoms with Gasteiger partial charge in [0.2, 0.25) is 0 Å². The molecule has 27 heavy (non-hydrogen) atoms. The highest BCUT2D eigenvalue weighted by atomic mass is 35.5. The summed E-state index contributed by atoms with van der Waals surface area (Å²) in [7, 11) is 0. The average Bonchev–Trinajstić information content (AvgIpc) is 3.15. The molecule has 0 N–H and O–H groups in total. The van der Waals surface area contributed by atoms with Crippen molar-refractivity contribution in [1.29, 1.82) is 0 Å². The number of carbonyl (C=O) groups excluding carboxylic acids is 1. The molecule has 0 spiro atoms. The molecule has 1 aromatic heterocycles. The maximum Gasteiger partial charge on any atom is 0.337 e. The first-order valence-corrected chi connectivity index (χ1v) is 9.05. The van der Waals surface area contributed by atoms with E-state index in [4.69, 9.17) is 38.9 Å². The SMILES string of the molecule is [C-]#[N+]C1C(C)=NC(c2ccco2)=C(C(=O)OCC)C1c1ccc(Cl)cc1Cl. The molecule has 2 unspecified atom stereocenters. The second kappa shape index (κ2) is 7.99. The average molecular weight is 403 g/mol. The van der Waals surface area contributed by atoms with Crippen LogP contribution in [0, 0.1) is 6.57 Å². The van der Waals surface area contributed by atoms with Crippen LogP contribution in [0.5, 0.6) is 0 Å². The van der Waals surface area contributed by atoms with E-state index in [0.29, 0.717) is 32.8 Å². The molecule has 0 fully saturated rings. The van der Waals surface area contributed by atoms with Crippen LogP contribution in [0.2, 0.25) is 10.0 Å². The van der Waals surface area contributed by atoms with Gasteiger partial charge in [0.05, 0.1) is 24.2 Å². The summed E-state index contributed by atoms with van der Waals surface area (Å²) in [5, 5.41) is 0.841. The van der Waals surface area contributed by atoms with E-state index >= 15 is 0 Å². The molecule has 3 rings (SSSR count). The van der Waals surface area contributed by atoms with Crippen molar-refractivity contribution in [3.63, 3.8) is 0 Å². The largest absolute Gasteiger partial charge is 0.463 e. The second-order valence-corrected chi connectivity index (χ2v) is 6.77. The topological polar surface area (TPSA) is 56.2 Å². The third kappa shape index (κ3) is 3.64. The Hall–Kier alpha value is -2.55. The molecule has 2 atom stereocenters. The van der Waals surface area contributed by atoms with Crippen molar-refractivity contribution in [2.75, 3.05) is 6.61 Å². The zero-order valence-corrected chi connectivity index (χ0v) is 16.2. The molecule has 2 heterocycles. The van der Waals surface area contributed by atoms with Crippen LogP contribution in [0.1, 0.15) is 31.1 Å². The van der Waals surface area contributed by atoms with Crippen LogP contribution in [-0.4, -0.2) is 24.3 Å². The first-order valence-electron chi connectivity index (χ1n) is 8.29. The van der Waals surface area contributed by atoms with Crippen molar-refractivity contribution >= 4 is 40.6 Å². The first kappa shape index (κ1) is 19.2. The minimum atomic E-state index is -0.693. The highest BCUT2D eigenvalue weighted by Crippen LogP contribution is 2.43. The summed E-state index contributed by atoms with van der Waals surface area (Å²) in [6.45, 7) is 11.3. The number of rotatable bonds is 4. The Bertz CT molecular complexity index is 972. The van der Waals surface area contributed by atoms with Gasteiger partial charge in [-0.15, -0.1) is 0 Å². The van der Waals surface area contributed by atoms with Gasteiger partial charge in [0.1, 0.15) is 11.6 Å². The third-order valence-electron chi connectivity index (χ3n) is 4.28.